The zero-order chi connectivity index (χ0) is 25.5. The lowest BCUT2D eigenvalue weighted by atomic mass is 10.1. The summed E-state index contributed by atoms with van der Waals surface area (Å²) in [5.41, 5.74) is 12.3. The summed E-state index contributed by atoms with van der Waals surface area (Å²) >= 11 is 0. The molecule has 0 bridgehead atoms. The first-order chi connectivity index (χ1) is 18.2. The number of rotatable bonds is 9. The largest absolute Gasteiger partial charge is 0.369 e. The maximum atomic E-state index is 6.80. The summed E-state index contributed by atoms with van der Waals surface area (Å²) in [5.74, 6) is 8.04. The second kappa shape index (κ2) is 12.0. The van der Waals surface area contributed by atoms with Crippen molar-refractivity contribution >= 4 is 16.7 Å². The van der Waals surface area contributed by atoms with Crippen molar-refractivity contribution < 1.29 is 9.30 Å². The van der Waals surface area contributed by atoms with E-state index in [-0.39, 0.29) is 6.04 Å². The number of para-hydroxylation sites is 1. The normalized spacial score (nSPS) is 14.4. The van der Waals surface area contributed by atoms with Gasteiger partial charge in [-0.1, -0.05) is 30.0 Å². The van der Waals surface area contributed by atoms with Crippen LogP contribution in [0.4, 0.5) is 5.82 Å². The number of nitrogen functional groups attached to an aromatic ring is 1. The number of nitrogens with one attached hydrogen (secondary N) is 1. The molecule has 0 saturated heterocycles. The quantitative estimate of drug-likeness (QED) is 0.207. The highest BCUT2D eigenvalue weighted by molar-refractivity contribution is 5.87. The van der Waals surface area contributed by atoms with Crippen molar-refractivity contribution in [2.45, 2.75) is 38.1 Å². The lowest BCUT2D eigenvalue weighted by Crippen LogP contribution is -2.45. The fourth-order valence-electron chi connectivity index (χ4n) is 5.07. The van der Waals surface area contributed by atoms with E-state index in [2.05, 4.69) is 44.9 Å². The molecule has 188 valence electrons. The molecule has 4 aromatic rings. The monoisotopic (exact) mass is 492 g/mol. The minimum atomic E-state index is 0.178. The van der Waals surface area contributed by atoms with Gasteiger partial charge in [-0.15, -0.1) is 4.98 Å². The Morgan fingerprint density at radius 2 is 1.95 bits per heavy atom. The van der Waals surface area contributed by atoms with Crippen LogP contribution in [0, 0.1) is 11.8 Å². The fourth-order valence-corrected chi connectivity index (χ4v) is 5.07. The standard InChI is InChI=1S/C31H33N5O/c1-33-15-5-2-6-17-37-18-8-9-23-13-14-24-20-27(21-26(24)19-23)36-30(32)28-11-3-4-12-29(28)35-31(36)25-10-7-16-34-22-25/h3-4,7,10-14,16,19,22,27,32-33H,2,5-6,15,17-18,20-21H2,1H3/p+1. The van der Waals surface area contributed by atoms with Crippen LogP contribution in [0.1, 0.15) is 42.0 Å². The number of aromatic nitrogens is 3. The number of ether oxygens (including phenoxy) is 1. The molecule has 1 unspecified atom stereocenters. The van der Waals surface area contributed by atoms with E-state index in [1.54, 1.807) is 6.20 Å². The van der Waals surface area contributed by atoms with Crippen LogP contribution in [-0.4, -0.2) is 36.8 Å². The molecule has 2 heterocycles. The number of hydrogen-bond acceptors (Lipinski definition) is 5. The predicted octanol–water partition coefficient (Wildman–Crippen LogP) is 4.26. The zero-order valence-electron chi connectivity index (χ0n) is 21.4. The molecule has 1 atom stereocenters. The number of fused-ring (bicyclic) bond motifs is 2. The molecule has 0 saturated carbocycles. The maximum Gasteiger partial charge on any atom is 0.272 e. The first-order valence-electron chi connectivity index (χ1n) is 13.1. The number of hydrogen-bond donors (Lipinski definition) is 2. The fraction of sp³-hybridized carbons (Fsp3) is 0.323. The predicted molar refractivity (Wildman–Crippen MR) is 148 cm³/mol. The van der Waals surface area contributed by atoms with Crippen molar-refractivity contribution in [3.8, 4) is 23.2 Å². The van der Waals surface area contributed by atoms with Gasteiger partial charge in [0.1, 0.15) is 6.61 Å². The molecule has 0 fully saturated rings. The van der Waals surface area contributed by atoms with Crippen LogP contribution in [0.5, 0.6) is 0 Å². The third-order valence-corrected chi connectivity index (χ3v) is 6.92. The van der Waals surface area contributed by atoms with Gasteiger partial charge in [-0.2, -0.15) is 0 Å². The Balaban J connectivity index is 1.32. The molecule has 0 radical (unpaired) electrons. The van der Waals surface area contributed by atoms with E-state index < -0.39 is 0 Å². The summed E-state index contributed by atoms with van der Waals surface area (Å²) in [7, 11) is 1.99. The number of anilines is 1. The molecular formula is C31H34N5O+. The van der Waals surface area contributed by atoms with Crippen molar-refractivity contribution in [2.75, 3.05) is 32.5 Å². The number of nitrogens with two attached hydrogens (primary N) is 1. The molecule has 0 amide bonds. The summed E-state index contributed by atoms with van der Waals surface area (Å²) in [6.45, 7) is 2.30. The Hall–Kier alpha value is -3.79. The molecule has 6 nitrogen and oxygen atoms in total. The molecule has 0 aliphatic heterocycles. The van der Waals surface area contributed by atoms with E-state index in [1.165, 1.54) is 24.0 Å². The van der Waals surface area contributed by atoms with Crippen LogP contribution in [-0.2, 0) is 17.6 Å². The topological polar surface area (TPSA) is 76.9 Å². The molecule has 0 spiro atoms. The van der Waals surface area contributed by atoms with Gasteiger partial charge in [0.05, 0.1) is 17.0 Å². The molecule has 1 aliphatic rings. The Bertz CT molecular complexity index is 1420. The Morgan fingerprint density at radius 1 is 1.05 bits per heavy atom. The van der Waals surface area contributed by atoms with E-state index in [9.17, 15) is 0 Å². The maximum absolute atomic E-state index is 6.80. The van der Waals surface area contributed by atoms with Gasteiger partial charge in [-0.05, 0) is 80.4 Å². The molecule has 37 heavy (non-hydrogen) atoms. The highest BCUT2D eigenvalue weighted by atomic mass is 16.5. The molecule has 2 aromatic heterocycles. The Labute approximate surface area is 218 Å². The van der Waals surface area contributed by atoms with Crippen LogP contribution >= 0.6 is 0 Å². The Kier molecular flexibility index (Phi) is 8.05. The van der Waals surface area contributed by atoms with Crippen molar-refractivity contribution in [3.63, 3.8) is 0 Å². The van der Waals surface area contributed by atoms with E-state index in [0.29, 0.717) is 6.61 Å². The molecular weight excluding hydrogens is 458 g/mol. The zero-order valence-corrected chi connectivity index (χ0v) is 21.4. The van der Waals surface area contributed by atoms with Crippen molar-refractivity contribution in [2.24, 2.45) is 0 Å². The average Bonchev–Trinajstić information content (AvgIpc) is 3.35. The van der Waals surface area contributed by atoms with E-state index >= 15 is 0 Å². The van der Waals surface area contributed by atoms with Crippen LogP contribution in [0.2, 0.25) is 0 Å². The summed E-state index contributed by atoms with van der Waals surface area (Å²) in [6.07, 6.45) is 8.87. The molecule has 3 N–H and O–H groups in total. The molecule has 6 heteroatoms. The smallest absolute Gasteiger partial charge is 0.272 e. The van der Waals surface area contributed by atoms with Crippen LogP contribution in [0.25, 0.3) is 22.3 Å². The third kappa shape index (κ3) is 5.80. The van der Waals surface area contributed by atoms with E-state index in [0.717, 1.165) is 66.1 Å². The lowest BCUT2D eigenvalue weighted by molar-refractivity contribution is -0.698. The summed E-state index contributed by atoms with van der Waals surface area (Å²) in [4.78, 5) is 9.35. The van der Waals surface area contributed by atoms with Gasteiger partial charge in [-0.25, -0.2) is 4.57 Å². The number of nitrogens with zero attached hydrogens (tertiary/aromatic N) is 3. The first-order valence-corrected chi connectivity index (χ1v) is 13.1. The van der Waals surface area contributed by atoms with Gasteiger partial charge < -0.3 is 15.8 Å². The van der Waals surface area contributed by atoms with Crippen LogP contribution in [0.15, 0.2) is 67.0 Å². The number of pyridine rings is 1. The number of benzene rings is 2. The highest BCUT2D eigenvalue weighted by Crippen LogP contribution is 2.31. The van der Waals surface area contributed by atoms with Crippen molar-refractivity contribution in [1.82, 2.24) is 15.3 Å². The molecule has 2 aromatic carbocycles. The van der Waals surface area contributed by atoms with Gasteiger partial charge in [0, 0.05) is 37.4 Å². The molecule has 1 aliphatic carbocycles. The SMILES string of the molecule is CNCCCCCOCC#Cc1ccc2c(c1)CC([n+]1c(-c3cccnc3)nc3ccccc3c1N)C2. The number of unbranched alkanes of at least 4 members (excludes halogenated alkanes) is 2. The second-order valence-corrected chi connectivity index (χ2v) is 9.51. The van der Waals surface area contributed by atoms with Crippen molar-refractivity contribution in [3.05, 3.63) is 83.7 Å². The van der Waals surface area contributed by atoms with Gasteiger partial charge in [0.15, 0.2) is 5.52 Å². The molecule has 5 rings (SSSR count). The van der Waals surface area contributed by atoms with Crippen molar-refractivity contribution in [1.29, 1.82) is 0 Å². The minimum Gasteiger partial charge on any atom is -0.369 e. The third-order valence-electron chi connectivity index (χ3n) is 6.92. The van der Waals surface area contributed by atoms with Crippen LogP contribution < -0.4 is 15.6 Å². The first kappa shape index (κ1) is 24.9. The highest BCUT2D eigenvalue weighted by Gasteiger charge is 2.31. The minimum absolute atomic E-state index is 0.178. The summed E-state index contributed by atoms with van der Waals surface area (Å²) < 4.78 is 7.89. The van der Waals surface area contributed by atoms with E-state index in [1.807, 2.05) is 49.6 Å². The van der Waals surface area contributed by atoms with Gasteiger partial charge in [0.2, 0.25) is 5.82 Å². The summed E-state index contributed by atoms with van der Waals surface area (Å²) in [6, 6.07) is 18.8. The van der Waals surface area contributed by atoms with Gasteiger partial charge >= 0.3 is 0 Å². The Morgan fingerprint density at radius 3 is 2.81 bits per heavy atom. The average molecular weight is 493 g/mol. The second-order valence-electron chi connectivity index (χ2n) is 9.51. The van der Waals surface area contributed by atoms with E-state index in [4.69, 9.17) is 15.5 Å². The summed E-state index contributed by atoms with van der Waals surface area (Å²) in [5, 5.41) is 4.14. The van der Waals surface area contributed by atoms with Crippen LogP contribution in [0.3, 0.4) is 0 Å². The lowest BCUT2D eigenvalue weighted by Gasteiger charge is -2.16. The van der Waals surface area contributed by atoms with Gasteiger partial charge in [0.25, 0.3) is 5.82 Å². The van der Waals surface area contributed by atoms with Gasteiger partial charge in [-0.3, -0.25) is 4.98 Å².